The highest BCUT2D eigenvalue weighted by molar-refractivity contribution is 6.28. The fourth-order valence-corrected chi connectivity index (χ4v) is 2.18. The van der Waals surface area contributed by atoms with Crippen molar-refractivity contribution in [3.05, 3.63) is 17.5 Å². The van der Waals surface area contributed by atoms with E-state index in [1.807, 2.05) is 12.3 Å². The molecule has 2 aromatic rings. The number of fused-ring (bicyclic) bond motifs is 1. The van der Waals surface area contributed by atoms with Crippen molar-refractivity contribution in [1.82, 2.24) is 20.3 Å². The van der Waals surface area contributed by atoms with Gasteiger partial charge in [0.2, 0.25) is 5.28 Å². The highest BCUT2D eigenvalue weighted by Crippen LogP contribution is 2.24. The van der Waals surface area contributed by atoms with E-state index in [0.717, 1.165) is 43.0 Å². The summed E-state index contributed by atoms with van der Waals surface area (Å²) < 4.78 is 0. The topological polar surface area (TPSA) is 56.8 Å². The first-order valence-corrected chi connectivity index (χ1v) is 5.69. The Bertz CT molecular complexity index is 503. The van der Waals surface area contributed by atoms with E-state index < -0.39 is 0 Å². The van der Waals surface area contributed by atoms with E-state index in [1.165, 1.54) is 0 Å². The Morgan fingerprint density at radius 3 is 2.88 bits per heavy atom. The van der Waals surface area contributed by atoms with Gasteiger partial charge in [-0.15, -0.1) is 0 Å². The molecule has 0 unspecified atom stereocenters. The highest BCUT2D eigenvalue weighted by atomic mass is 35.5. The van der Waals surface area contributed by atoms with Gasteiger partial charge < -0.3 is 15.2 Å². The van der Waals surface area contributed by atoms with Crippen molar-refractivity contribution in [3.63, 3.8) is 0 Å². The molecule has 84 valence electrons. The number of hydrogen-bond donors (Lipinski definition) is 2. The van der Waals surface area contributed by atoms with Crippen molar-refractivity contribution >= 4 is 28.5 Å². The SMILES string of the molecule is Clc1nc(N2CCNCC2)c2[nH]ccc2n1. The Kier molecular flexibility index (Phi) is 2.41. The van der Waals surface area contributed by atoms with Crippen molar-refractivity contribution in [3.8, 4) is 0 Å². The Hall–Kier alpha value is -1.33. The quantitative estimate of drug-likeness (QED) is 0.728. The van der Waals surface area contributed by atoms with E-state index in [4.69, 9.17) is 11.6 Å². The van der Waals surface area contributed by atoms with Gasteiger partial charge in [-0.25, -0.2) is 4.98 Å². The van der Waals surface area contributed by atoms with E-state index in [2.05, 4.69) is 25.2 Å². The molecule has 0 amide bonds. The minimum absolute atomic E-state index is 0.306. The summed E-state index contributed by atoms with van der Waals surface area (Å²) in [5, 5.41) is 3.62. The molecule has 0 bridgehead atoms. The number of rotatable bonds is 1. The van der Waals surface area contributed by atoms with Gasteiger partial charge in [-0.05, 0) is 17.7 Å². The van der Waals surface area contributed by atoms with Crippen molar-refractivity contribution < 1.29 is 0 Å². The number of nitrogens with one attached hydrogen (secondary N) is 2. The minimum Gasteiger partial charge on any atom is -0.357 e. The first-order valence-electron chi connectivity index (χ1n) is 5.31. The third-order valence-electron chi connectivity index (χ3n) is 2.78. The lowest BCUT2D eigenvalue weighted by molar-refractivity contribution is 0.586. The van der Waals surface area contributed by atoms with Crippen LogP contribution < -0.4 is 10.2 Å². The zero-order chi connectivity index (χ0) is 11.0. The summed E-state index contributed by atoms with van der Waals surface area (Å²) >= 11 is 5.92. The predicted octanol–water partition coefficient (Wildman–Crippen LogP) is 1.02. The molecule has 16 heavy (non-hydrogen) atoms. The number of H-pyrrole nitrogens is 1. The standard InChI is InChI=1S/C10H12ClN5/c11-10-14-7-1-2-13-8(7)9(15-10)16-5-3-12-4-6-16/h1-2,12-13H,3-6H2. The molecule has 6 heteroatoms. The molecule has 2 aromatic heterocycles. The summed E-state index contributed by atoms with van der Waals surface area (Å²) in [6.45, 7) is 3.84. The predicted molar refractivity (Wildman–Crippen MR) is 64.0 cm³/mol. The molecule has 3 rings (SSSR count). The molecule has 0 atom stereocenters. The second kappa shape index (κ2) is 3.92. The molecule has 1 saturated heterocycles. The Balaban J connectivity index is 2.09. The molecular weight excluding hydrogens is 226 g/mol. The molecule has 1 aliphatic heterocycles. The summed E-state index contributed by atoms with van der Waals surface area (Å²) in [5.74, 6) is 0.904. The number of anilines is 1. The lowest BCUT2D eigenvalue weighted by Crippen LogP contribution is -2.44. The van der Waals surface area contributed by atoms with Crippen molar-refractivity contribution in [2.24, 2.45) is 0 Å². The second-order valence-electron chi connectivity index (χ2n) is 3.79. The molecule has 0 spiro atoms. The van der Waals surface area contributed by atoms with Crippen LogP contribution >= 0.6 is 11.6 Å². The van der Waals surface area contributed by atoms with Crippen molar-refractivity contribution in [2.45, 2.75) is 0 Å². The number of hydrogen-bond acceptors (Lipinski definition) is 4. The van der Waals surface area contributed by atoms with Crippen LogP contribution in [0.5, 0.6) is 0 Å². The van der Waals surface area contributed by atoms with Gasteiger partial charge in [-0.2, -0.15) is 4.98 Å². The van der Waals surface area contributed by atoms with E-state index >= 15 is 0 Å². The number of aromatic amines is 1. The second-order valence-corrected chi connectivity index (χ2v) is 4.13. The van der Waals surface area contributed by atoms with Crippen LogP contribution in [0.3, 0.4) is 0 Å². The molecule has 0 saturated carbocycles. The Morgan fingerprint density at radius 1 is 1.25 bits per heavy atom. The molecule has 3 heterocycles. The maximum atomic E-state index is 5.92. The van der Waals surface area contributed by atoms with Crippen LogP contribution in [0.1, 0.15) is 0 Å². The summed E-state index contributed by atoms with van der Waals surface area (Å²) in [4.78, 5) is 13.9. The maximum absolute atomic E-state index is 5.92. The fourth-order valence-electron chi connectivity index (χ4n) is 2.01. The molecule has 1 aliphatic rings. The van der Waals surface area contributed by atoms with Crippen LogP contribution in [0.15, 0.2) is 12.3 Å². The summed E-state index contributed by atoms with van der Waals surface area (Å²) in [6.07, 6.45) is 1.86. The zero-order valence-corrected chi connectivity index (χ0v) is 9.46. The van der Waals surface area contributed by atoms with Gasteiger partial charge in [0.1, 0.15) is 5.52 Å². The Morgan fingerprint density at radius 2 is 2.06 bits per heavy atom. The molecule has 1 fully saturated rings. The smallest absolute Gasteiger partial charge is 0.225 e. The van der Waals surface area contributed by atoms with E-state index in [-0.39, 0.29) is 0 Å². The van der Waals surface area contributed by atoms with Crippen LogP contribution in [-0.4, -0.2) is 41.1 Å². The zero-order valence-electron chi connectivity index (χ0n) is 8.70. The largest absolute Gasteiger partial charge is 0.357 e. The number of halogens is 1. The van der Waals surface area contributed by atoms with Gasteiger partial charge in [-0.1, -0.05) is 0 Å². The first kappa shape index (κ1) is 9.86. The summed E-state index contributed by atoms with van der Waals surface area (Å²) in [6, 6.07) is 1.91. The summed E-state index contributed by atoms with van der Waals surface area (Å²) in [7, 11) is 0. The highest BCUT2D eigenvalue weighted by Gasteiger charge is 2.16. The van der Waals surface area contributed by atoms with Gasteiger partial charge in [0.15, 0.2) is 5.82 Å². The minimum atomic E-state index is 0.306. The molecule has 2 N–H and O–H groups in total. The molecule has 5 nitrogen and oxygen atoms in total. The lowest BCUT2D eigenvalue weighted by atomic mass is 10.3. The van der Waals surface area contributed by atoms with Crippen LogP contribution in [0.4, 0.5) is 5.82 Å². The number of aromatic nitrogens is 3. The van der Waals surface area contributed by atoms with E-state index in [9.17, 15) is 0 Å². The normalized spacial score (nSPS) is 16.9. The number of nitrogens with zero attached hydrogens (tertiary/aromatic N) is 3. The summed E-state index contributed by atoms with van der Waals surface area (Å²) in [5.41, 5.74) is 1.83. The van der Waals surface area contributed by atoms with E-state index in [0.29, 0.717) is 5.28 Å². The van der Waals surface area contributed by atoms with Crippen molar-refractivity contribution in [1.29, 1.82) is 0 Å². The Labute approximate surface area is 97.8 Å². The maximum Gasteiger partial charge on any atom is 0.225 e. The van der Waals surface area contributed by atoms with Gasteiger partial charge in [0.25, 0.3) is 0 Å². The van der Waals surface area contributed by atoms with Crippen LogP contribution in [-0.2, 0) is 0 Å². The monoisotopic (exact) mass is 237 g/mol. The van der Waals surface area contributed by atoms with E-state index in [1.54, 1.807) is 0 Å². The van der Waals surface area contributed by atoms with Gasteiger partial charge >= 0.3 is 0 Å². The lowest BCUT2D eigenvalue weighted by Gasteiger charge is -2.28. The third kappa shape index (κ3) is 1.62. The van der Waals surface area contributed by atoms with Crippen LogP contribution in [0, 0.1) is 0 Å². The van der Waals surface area contributed by atoms with Gasteiger partial charge in [0, 0.05) is 32.4 Å². The molecule has 0 aliphatic carbocycles. The molecule has 0 radical (unpaired) electrons. The van der Waals surface area contributed by atoms with Crippen LogP contribution in [0.2, 0.25) is 5.28 Å². The van der Waals surface area contributed by atoms with Gasteiger partial charge in [-0.3, -0.25) is 0 Å². The average molecular weight is 238 g/mol. The van der Waals surface area contributed by atoms with Crippen LogP contribution in [0.25, 0.3) is 11.0 Å². The average Bonchev–Trinajstić information content (AvgIpc) is 2.77. The number of piperazine rings is 1. The molecule has 0 aromatic carbocycles. The third-order valence-corrected chi connectivity index (χ3v) is 2.95. The van der Waals surface area contributed by atoms with Gasteiger partial charge in [0.05, 0.1) is 5.52 Å². The fraction of sp³-hybridized carbons (Fsp3) is 0.400. The molecular formula is C10H12ClN5. The van der Waals surface area contributed by atoms with Crippen molar-refractivity contribution in [2.75, 3.05) is 31.1 Å². The first-order chi connectivity index (χ1) is 7.84.